The highest BCUT2D eigenvalue weighted by Crippen LogP contribution is 2.35. The Labute approximate surface area is 511 Å². The van der Waals surface area contributed by atoms with Crippen LogP contribution in [-0.4, -0.2) is 202 Å². The number of rotatable bonds is 18. The van der Waals surface area contributed by atoms with Crippen LogP contribution in [0.2, 0.25) is 0 Å². The molecule has 0 spiro atoms. The molecule has 484 valence electrons. The maximum Gasteiger partial charge on any atom is 0.406 e. The molecule has 8 rings (SSSR count). The number of nitrogens with zero attached hydrogens (tertiary/aromatic N) is 5. The molecule has 1 amide bonds. The van der Waals surface area contributed by atoms with Crippen molar-refractivity contribution in [2.75, 3.05) is 129 Å². The number of sulfone groups is 2. The summed E-state index contributed by atoms with van der Waals surface area (Å²) in [5.41, 5.74) is 2.88. The predicted molar refractivity (Wildman–Crippen MR) is 327 cm³/mol. The molecule has 29 heteroatoms. The number of likely N-dealkylation sites (tertiary alicyclic amines) is 1. The molecule has 2 fully saturated rings. The molecule has 2 saturated heterocycles. The number of benzene rings is 4. The zero-order valence-corrected chi connectivity index (χ0v) is 51.8. The second kappa shape index (κ2) is 30.5. The van der Waals surface area contributed by atoms with E-state index in [1.807, 2.05) is 0 Å². The molecule has 4 aromatic carbocycles. The fraction of sp³-hybridized carbons (Fsp3) is 0.433. The molecule has 6 aromatic rings. The summed E-state index contributed by atoms with van der Waals surface area (Å²) in [6.45, 7) is -0.953. The zero-order valence-electron chi connectivity index (χ0n) is 50.2. The first-order valence-electron chi connectivity index (χ1n) is 27.7. The summed E-state index contributed by atoms with van der Waals surface area (Å²) in [7, 11) is 2.87. The molecular weight excluding hydrogens is 1220 g/mol. The number of carbonyl (C=O) groups excluding carboxylic acids is 1. The Hall–Kier alpha value is -7.96. The number of piperidine rings is 2. The fourth-order valence-electron chi connectivity index (χ4n) is 9.69. The lowest BCUT2D eigenvalue weighted by atomic mass is 10.0. The van der Waals surface area contributed by atoms with Gasteiger partial charge in [0.25, 0.3) is 0 Å². The summed E-state index contributed by atoms with van der Waals surface area (Å²) in [6, 6.07) is 20.5. The van der Waals surface area contributed by atoms with E-state index in [0.717, 1.165) is 21.6 Å². The van der Waals surface area contributed by atoms with Crippen LogP contribution < -0.4 is 36.1 Å². The minimum absolute atomic E-state index is 0.0296. The van der Waals surface area contributed by atoms with E-state index < -0.39 is 75.5 Å². The van der Waals surface area contributed by atoms with Gasteiger partial charge in [0.05, 0.1) is 103 Å². The number of alkyl halides is 8. The van der Waals surface area contributed by atoms with Crippen LogP contribution in [0.15, 0.2) is 94.7 Å². The standard InChI is InChI=1S/C30H35F4N5O4S.C26H28F4N4O3S.C4H9NO2/c1-37(2)18-29(40)38-14-12-25(23(31)17-38)36-24-8-5-9-27-22(24)15-20(39(27)19-30(32,33)34)7-6-13-35-26-11-10-21(44(4,41)42)16-28(26)43-3;1-37-25-14-18(38(2,35)36)8-9-23(25)32-11-4-5-17-13-19-21(33-22-10-12-31-15-20(22)27)6-3-7-24(19)34(17)16-26(28,29)30;1-5(2)3-4(6)7/h5,8-11,15-16,23,25,35-36H,12-14,17-19H2,1-4H3;3,6-9,13-14,20,22,31-33H,10-12,15-16H2,1-2H3;3H2,1-2H3,(H,6,7)/t23-,25+;20-,22+;/m00./s1. The maximum atomic E-state index is 15.2. The van der Waals surface area contributed by atoms with Crippen molar-refractivity contribution in [3.05, 3.63) is 96.3 Å². The molecule has 0 bridgehead atoms. The second-order valence-corrected chi connectivity index (χ2v) is 25.6. The zero-order chi connectivity index (χ0) is 65.6. The topological polar surface area (TPSA) is 221 Å². The van der Waals surface area contributed by atoms with E-state index in [-0.39, 0.29) is 77.6 Å². The number of anilines is 4. The number of amides is 1. The van der Waals surface area contributed by atoms with Crippen LogP contribution in [0.3, 0.4) is 0 Å². The summed E-state index contributed by atoms with van der Waals surface area (Å²) >= 11 is 0. The maximum absolute atomic E-state index is 15.2. The van der Waals surface area contributed by atoms with Crippen molar-refractivity contribution in [1.82, 2.24) is 29.2 Å². The van der Waals surface area contributed by atoms with Gasteiger partial charge in [0.1, 0.15) is 36.9 Å². The molecule has 2 aromatic heterocycles. The van der Waals surface area contributed by atoms with Crippen LogP contribution >= 0.6 is 0 Å². The van der Waals surface area contributed by atoms with Crippen molar-refractivity contribution in [2.45, 2.75) is 72.5 Å². The summed E-state index contributed by atoms with van der Waals surface area (Å²) in [6.07, 6.45) is -8.42. The number of ether oxygens (including phenoxy) is 2. The van der Waals surface area contributed by atoms with Crippen molar-refractivity contribution in [3.8, 4) is 35.2 Å². The number of carboxylic acid groups (broad SMARTS) is 1. The molecule has 4 atom stereocenters. The molecule has 2 aliphatic rings. The van der Waals surface area contributed by atoms with Crippen molar-refractivity contribution in [2.24, 2.45) is 0 Å². The van der Waals surface area contributed by atoms with Gasteiger partial charge in [-0.15, -0.1) is 0 Å². The number of nitrogens with one attached hydrogen (secondary N) is 5. The molecular formula is C60H72F8N10O9S2. The van der Waals surface area contributed by atoms with Crippen molar-refractivity contribution in [1.29, 1.82) is 0 Å². The summed E-state index contributed by atoms with van der Waals surface area (Å²) < 4.78 is 171. The number of aromatic nitrogens is 2. The van der Waals surface area contributed by atoms with Crippen LogP contribution in [0.25, 0.3) is 21.8 Å². The van der Waals surface area contributed by atoms with Gasteiger partial charge in [-0.25, -0.2) is 25.6 Å². The van der Waals surface area contributed by atoms with Gasteiger partial charge in [-0.2, -0.15) is 26.3 Å². The highest BCUT2D eigenvalue weighted by molar-refractivity contribution is 7.91. The number of hydrogen-bond acceptors (Lipinski definition) is 15. The van der Waals surface area contributed by atoms with Crippen LogP contribution in [-0.2, 0) is 42.4 Å². The van der Waals surface area contributed by atoms with E-state index in [1.165, 1.54) is 55.5 Å². The average Bonchev–Trinajstić information content (AvgIpc) is 1.92. The van der Waals surface area contributed by atoms with Crippen LogP contribution in [0.4, 0.5) is 57.9 Å². The predicted octanol–water partition coefficient (Wildman–Crippen LogP) is 7.82. The van der Waals surface area contributed by atoms with Crippen LogP contribution in [0.1, 0.15) is 24.2 Å². The number of methoxy groups -OCH3 is 2. The third-order valence-corrected chi connectivity index (χ3v) is 16.0. The number of aliphatic carboxylic acids is 1. The lowest BCUT2D eigenvalue weighted by molar-refractivity contribution is -0.140. The number of carbonyl (C=O) groups is 2. The Bertz CT molecular complexity index is 3820. The van der Waals surface area contributed by atoms with Gasteiger partial charge >= 0.3 is 18.3 Å². The Morgan fingerprint density at radius 3 is 1.47 bits per heavy atom. The number of fused-ring (bicyclic) bond motifs is 2. The first kappa shape index (κ1) is 70.1. The minimum Gasteiger partial charge on any atom is -0.495 e. The number of halogens is 8. The molecule has 0 saturated carbocycles. The average molecular weight is 1290 g/mol. The summed E-state index contributed by atoms with van der Waals surface area (Å²) in [5.74, 6) is 10.9. The van der Waals surface area contributed by atoms with Crippen LogP contribution in [0.5, 0.6) is 11.5 Å². The van der Waals surface area contributed by atoms with Gasteiger partial charge in [-0.05, 0) is 120 Å². The quantitative estimate of drug-likeness (QED) is 0.0357. The monoisotopic (exact) mass is 1290 g/mol. The van der Waals surface area contributed by atoms with Crippen molar-refractivity contribution < 1.29 is 76.1 Å². The Balaban J connectivity index is 0.000000258. The molecule has 89 heavy (non-hydrogen) atoms. The molecule has 4 heterocycles. The van der Waals surface area contributed by atoms with Crippen molar-refractivity contribution in [3.63, 3.8) is 0 Å². The molecule has 2 aliphatic heterocycles. The lowest BCUT2D eigenvalue weighted by Gasteiger charge is -2.36. The Morgan fingerprint density at radius 1 is 0.652 bits per heavy atom. The van der Waals surface area contributed by atoms with Crippen molar-refractivity contribution >= 4 is 76.1 Å². The third-order valence-electron chi connectivity index (χ3n) is 13.8. The van der Waals surface area contributed by atoms with Gasteiger partial charge in [0.2, 0.25) is 5.91 Å². The smallest absolute Gasteiger partial charge is 0.406 e. The Kier molecular flexibility index (Phi) is 24.0. The van der Waals surface area contributed by atoms with Gasteiger partial charge < -0.3 is 60.1 Å². The number of carboxylic acids is 1. The van der Waals surface area contributed by atoms with E-state index in [9.17, 15) is 57.2 Å². The van der Waals surface area contributed by atoms with E-state index in [2.05, 4.69) is 50.3 Å². The fourth-order valence-corrected chi connectivity index (χ4v) is 11.0. The molecule has 0 unspecified atom stereocenters. The van der Waals surface area contributed by atoms with Gasteiger partial charge in [-0.3, -0.25) is 14.5 Å². The third kappa shape index (κ3) is 20.5. The minimum atomic E-state index is -4.52. The first-order chi connectivity index (χ1) is 41.7. The summed E-state index contributed by atoms with van der Waals surface area (Å²) in [4.78, 5) is 27.1. The van der Waals surface area contributed by atoms with E-state index >= 15 is 4.39 Å². The van der Waals surface area contributed by atoms with E-state index in [4.69, 9.17) is 14.6 Å². The highest BCUT2D eigenvalue weighted by atomic mass is 32.2. The van der Waals surface area contributed by atoms with Crippen LogP contribution in [0, 0.1) is 23.7 Å². The second-order valence-electron chi connectivity index (χ2n) is 21.5. The number of hydrogen-bond donors (Lipinski definition) is 6. The molecule has 6 N–H and O–H groups in total. The van der Waals surface area contributed by atoms with Gasteiger partial charge in [-0.1, -0.05) is 24.0 Å². The number of likely N-dealkylation sites (N-methyl/N-ethyl adjacent to an activating group) is 2. The van der Waals surface area contributed by atoms with E-state index in [1.54, 1.807) is 86.5 Å². The highest BCUT2D eigenvalue weighted by Gasteiger charge is 2.34. The van der Waals surface area contributed by atoms with Gasteiger partial charge in [0.15, 0.2) is 19.7 Å². The SMILES string of the molecule is CN(C)CC(=O)O.COc1cc(S(C)(=O)=O)ccc1NCC#Cc1cc2c(N[C@@H]3CCN(C(=O)CN(C)C)C[C@@H]3F)cccc2n1CC(F)(F)F.COc1cc(S(C)(=O)=O)ccc1NCC#Cc1cc2c(N[C@@H]3CCNC[C@@H]3F)cccc2n1CC(F)(F)F. The summed E-state index contributed by atoms with van der Waals surface area (Å²) in [5, 5.41) is 24.3. The first-order valence-corrected chi connectivity index (χ1v) is 31.4. The lowest BCUT2D eigenvalue weighted by Crippen LogP contribution is -2.51. The molecule has 0 radical (unpaired) electrons. The van der Waals surface area contributed by atoms with E-state index in [0.29, 0.717) is 70.7 Å². The normalized spacial score (nSPS) is 17.0. The van der Waals surface area contributed by atoms with Gasteiger partial charge in [0, 0.05) is 59.9 Å². The Morgan fingerprint density at radius 2 is 1.10 bits per heavy atom. The molecule has 19 nitrogen and oxygen atoms in total. The molecule has 0 aliphatic carbocycles. The largest absolute Gasteiger partial charge is 0.495 e.